The fourth-order valence-corrected chi connectivity index (χ4v) is 1.87. The van der Waals surface area contributed by atoms with Gasteiger partial charge in [-0.05, 0) is 24.9 Å². The topological polar surface area (TPSA) is 63.8 Å². The fraction of sp³-hybridized carbons (Fsp3) is 0.714. The summed E-state index contributed by atoms with van der Waals surface area (Å²) in [5.41, 5.74) is 3.76. The van der Waals surface area contributed by atoms with E-state index in [0.717, 1.165) is 23.4 Å². The molecule has 1 aromatic rings. The third kappa shape index (κ3) is 2.00. The molecular formula is C7H14N4S. The van der Waals surface area contributed by atoms with Gasteiger partial charge in [0.25, 0.3) is 0 Å². The zero-order valence-corrected chi connectivity index (χ0v) is 8.19. The molecule has 1 rings (SSSR count). The Kier molecular flexibility index (Phi) is 3.58. The van der Waals surface area contributed by atoms with Crippen LogP contribution in [0.5, 0.6) is 0 Å². The van der Waals surface area contributed by atoms with Crippen molar-refractivity contribution in [1.29, 1.82) is 0 Å². The molecule has 0 aliphatic rings. The van der Waals surface area contributed by atoms with Gasteiger partial charge in [0, 0.05) is 0 Å². The van der Waals surface area contributed by atoms with E-state index in [1.54, 1.807) is 0 Å². The average Bonchev–Trinajstić information content (AvgIpc) is 2.47. The molecule has 3 N–H and O–H groups in total. The molecule has 0 aromatic carbocycles. The number of rotatable bonds is 4. The molecule has 0 aliphatic heterocycles. The number of hydrazine groups is 1. The van der Waals surface area contributed by atoms with Crippen molar-refractivity contribution in [2.24, 2.45) is 5.84 Å². The third-order valence-corrected chi connectivity index (χ3v) is 2.72. The van der Waals surface area contributed by atoms with Gasteiger partial charge in [-0.1, -0.05) is 17.8 Å². The first-order valence-corrected chi connectivity index (χ1v) is 4.82. The van der Waals surface area contributed by atoms with E-state index in [-0.39, 0.29) is 6.04 Å². The van der Waals surface area contributed by atoms with Crippen molar-refractivity contribution in [3.05, 3.63) is 10.6 Å². The molecule has 0 aliphatic carbocycles. The molecule has 68 valence electrons. The van der Waals surface area contributed by atoms with E-state index in [4.69, 9.17) is 5.84 Å². The van der Waals surface area contributed by atoms with Crippen LogP contribution in [0.25, 0.3) is 0 Å². The first kappa shape index (κ1) is 9.57. The molecule has 1 aromatic heterocycles. The van der Waals surface area contributed by atoms with Crippen LogP contribution in [0.4, 0.5) is 0 Å². The van der Waals surface area contributed by atoms with Crippen LogP contribution in [0.15, 0.2) is 0 Å². The molecule has 1 atom stereocenters. The molecule has 0 saturated heterocycles. The monoisotopic (exact) mass is 186 g/mol. The maximum Gasteiger partial charge on any atom is 0.0773 e. The van der Waals surface area contributed by atoms with Crippen LogP contribution in [-0.2, 0) is 0 Å². The molecule has 0 spiro atoms. The Bertz CT molecular complexity index is 235. The first-order valence-electron chi connectivity index (χ1n) is 4.04. The van der Waals surface area contributed by atoms with Gasteiger partial charge in [-0.3, -0.25) is 11.3 Å². The van der Waals surface area contributed by atoms with Gasteiger partial charge < -0.3 is 0 Å². The van der Waals surface area contributed by atoms with Crippen molar-refractivity contribution in [3.63, 3.8) is 0 Å². The standard InChI is InChI=1S/C7H14N4S/c1-3-4-6(9-8)7-5(2)10-11-12-7/h6,9H,3-4,8H2,1-2H3. The second-order valence-electron chi connectivity index (χ2n) is 2.73. The number of nitrogens with one attached hydrogen (secondary N) is 1. The molecule has 5 heteroatoms. The number of aryl methyl sites for hydroxylation is 1. The van der Waals surface area contributed by atoms with Gasteiger partial charge in [-0.2, -0.15) is 0 Å². The predicted octanol–water partition coefficient (Wildman–Crippen LogP) is 1.15. The minimum absolute atomic E-state index is 0.218. The van der Waals surface area contributed by atoms with Crippen LogP contribution in [0.1, 0.15) is 36.4 Å². The summed E-state index contributed by atoms with van der Waals surface area (Å²) in [5, 5.41) is 3.94. The molecule has 1 heterocycles. The van der Waals surface area contributed by atoms with Gasteiger partial charge in [0.2, 0.25) is 0 Å². The van der Waals surface area contributed by atoms with Gasteiger partial charge in [0.05, 0.1) is 16.6 Å². The van der Waals surface area contributed by atoms with Crippen LogP contribution in [0, 0.1) is 6.92 Å². The molecule has 0 bridgehead atoms. The van der Waals surface area contributed by atoms with Gasteiger partial charge in [-0.15, -0.1) is 5.10 Å². The van der Waals surface area contributed by atoms with E-state index >= 15 is 0 Å². The summed E-state index contributed by atoms with van der Waals surface area (Å²) in [5.74, 6) is 5.42. The van der Waals surface area contributed by atoms with Crippen molar-refractivity contribution >= 4 is 11.5 Å². The minimum atomic E-state index is 0.218. The van der Waals surface area contributed by atoms with Crippen molar-refractivity contribution in [3.8, 4) is 0 Å². The van der Waals surface area contributed by atoms with Gasteiger partial charge >= 0.3 is 0 Å². The summed E-state index contributed by atoms with van der Waals surface area (Å²) in [6, 6.07) is 0.218. The van der Waals surface area contributed by atoms with Gasteiger partial charge in [0.1, 0.15) is 0 Å². The quantitative estimate of drug-likeness (QED) is 0.547. The molecule has 0 radical (unpaired) electrons. The Morgan fingerprint density at radius 2 is 2.42 bits per heavy atom. The third-order valence-electron chi connectivity index (χ3n) is 1.78. The lowest BCUT2D eigenvalue weighted by Crippen LogP contribution is -2.27. The van der Waals surface area contributed by atoms with Gasteiger partial charge in [0.15, 0.2) is 0 Å². The Hall–Kier alpha value is -0.520. The lowest BCUT2D eigenvalue weighted by atomic mass is 10.1. The number of nitrogens with zero attached hydrogens (tertiary/aromatic N) is 2. The maximum atomic E-state index is 5.42. The highest BCUT2D eigenvalue weighted by molar-refractivity contribution is 7.05. The number of nitrogens with two attached hydrogens (primary N) is 1. The summed E-state index contributed by atoms with van der Waals surface area (Å²) in [6.45, 7) is 4.09. The van der Waals surface area contributed by atoms with E-state index < -0.39 is 0 Å². The molecule has 0 amide bonds. The van der Waals surface area contributed by atoms with E-state index in [9.17, 15) is 0 Å². The summed E-state index contributed by atoms with van der Waals surface area (Å²) in [6.07, 6.45) is 2.13. The first-order chi connectivity index (χ1) is 5.79. The second kappa shape index (κ2) is 4.49. The number of hydrogen-bond acceptors (Lipinski definition) is 5. The van der Waals surface area contributed by atoms with Crippen LogP contribution in [-0.4, -0.2) is 9.59 Å². The molecule has 0 fully saturated rings. The second-order valence-corrected chi connectivity index (χ2v) is 3.52. The zero-order chi connectivity index (χ0) is 8.97. The Balaban J connectivity index is 2.72. The minimum Gasteiger partial charge on any atom is -0.271 e. The molecule has 0 saturated carbocycles. The Morgan fingerprint density at radius 1 is 1.67 bits per heavy atom. The van der Waals surface area contributed by atoms with Crippen LogP contribution >= 0.6 is 11.5 Å². The maximum absolute atomic E-state index is 5.42. The smallest absolute Gasteiger partial charge is 0.0773 e. The fourth-order valence-electron chi connectivity index (χ4n) is 1.14. The molecule has 12 heavy (non-hydrogen) atoms. The van der Waals surface area contributed by atoms with Crippen molar-refractivity contribution < 1.29 is 0 Å². The van der Waals surface area contributed by atoms with E-state index in [0.29, 0.717) is 0 Å². The Labute approximate surface area is 76.3 Å². The van der Waals surface area contributed by atoms with Crippen LogP contribution in [0.3, 0.4) is 0 Å². The molecule has 4 nitrogen and oxygen atoms in total. The predicted molar refractivity (Wildman–Crippen MR) is 49.6 cm³/mol. The van der Waals surface area contributed by atoms with Crippen molar-refractivity contribution in [2.75, 3.05) is 0 Å². The molecule has 1 unspecified atom stereocenters. The van der Waals surface area contributed by atoms with Crippen LogP contribution < -0.4 is 11.3 Å². The summed E-state index contributed by atoms with van der Waals surface area (Å²) in [4.78, 5) is 1.15. The van der Waals surface area contributed by atoms with Crippen molar-refractivity contribution in [1.82, 2.24) is 15.0 Å². The van der Waals surface area contributed by atoms with E-state index in [2.05, 4.69) is 21.9 Å². The zero-order valence-electron chi connectivity index (χ0n) is 7.37. The highest BCUT2D eigenvalue weighted by atomic mass is 32.1. The number of hydrogen-bond donors (Lipinski definition) is 2. The SMILES string of the molecule is CCCC(NN)c1snnc1C. The van der Waals surface area contributed by atoms with E-state index in [1.165, 1.54) is 11.5 Å². The summed E-state index contributed by atoms with van der Waals surface area (Å²) in [7, 11) is 0. The summed E-state index contributed by atoms with van der Waals surface area (Å²) < 4.78 is 3.87. The summed E-state index contributed by atoms with van der Waals surface area (Å²) >= 11 is 1.42. The highest BCUT2D eigenvalue weighted by Gasteiger charge is 2.14. The normalized spacial score (nSPS) is 13.2. The highest BCUT2D eigenvalue weighted by Crippen LogP contribution is 2.22. The Morgan fingerprint density at radius 3 is 2.83 bits per heavy atom. The van der Waals surface area contributed by atoms with Crippen LogP contribution in [0.2, 0.25) is 0 Å². The lowest BCUT2D eigenvalue weighted by Gasteiger charge is -2.12. The molecular weight excluding hydrogens is 172 g/mol. The average molecular weight is 186 g/mol. The van der Waals surface area contributed by atoms with Crippen molar-refractivity contribution in [2.45, 2.75) is 32.7 Å². The largest absolute Gasteiger partial charge is 0.271 e. The number of aromatic nitrogens is 2. The van der Waals surface area contributed by atoms with E-state index in [1.807, 2.05) is 6.92 Å². The lowest BCUT2D eigenvalue weighted by molar-refractivity contribution is 0.515. The van der Waals surface area contributed by atoms with Gasteiger partial charge in [-0.25, -0.2) is 0 Å².